The predicted octanol–water partition coefficient (Wildman–Crippen LogP) is 7.26. The van der Waals surface area contributed by atoms with E-state index in [-0.39, 0.29) is 30.5 Å². The Kier molecular flexibility index (Phi) is 11.5. The van der Waals surface area contributed by atoms with Gasteiger partial charge in [0, 0.05) is 69.4 Å². The SMILES string of the molecule is CC1=C(c2c(C3CC3)ncc3snc(O[C@H](Cc4ccccc4OCc4ccnn4CC(F)(F)F)C(=O)O)c23)CCC(OCCN2CCN(C)CC2)=C1Cl. The van der Waals surface area contributed by atoms with Gasteiger partial charge in [-0.1, -0.05) is 29.8 Å². The number of piperazine rings is 1. The number of carboxylic acid groups (broad SMARTS) is 1. The van der Waals surface area contributed by atoms with E-state index in [1.165, 1.54) is 23.8 Å². The van der Waals surface area contributed by atoms with Gasteiger partial charge in [0.25, 0.3) is 0 Å². The number of fused-ring (bicyclic) bond motifs is 1. The summed E-state index contributed by atoms with van der Waals surface area (Å²) in [4.78, 5) is 22.3. The summed E-state index contributed by atoms with van der Waals surface area (Å²) in [5.41, 5.74) is 4.47. The summed E-state index contributed by atoms with van der Waals surface area (Å²) in [6, 6.07) is 8.24. The number of carbonyl (C=O) groups is 1. The number of benzene rings is 1. The van der Waals surface area contributed by atoms with E-state index in [4.69, 9.17) is 30.8 Å². The Labute approximate surface area is 320 Å². The molecular formula is C38H42ClF3N6O5S. The van der Waals surface area contributed by atoms with Crippen LogP contribution in [0.3, 0.4) is 0 Å². The number of alkyl halides is 3. The molecule has 0 spiro atoms. The van der Waals surface area contributed by atoms with Gasteiger partial charge in [-0.25, -0.2) is 4.79 Å². The van der Waals surface area contributed by atoms with E-state index in [1.807, 2.05) is 6.92 Å². The van der Waals surface area contributed by atoms with E-state index in [0.717, 1.165) is 83.1 Å². The van der Waals surface area contributed by atoms with Gasteiger partial charge in [0.15, 0.2) is 0 Å². The average molecular weight is 787 g/mol. The van der Waals surface area contributed by atoms with E-state index in [9.17, 15) is 23.1 Å². The van der Waals surface area contributed by atoms with Crippen molar-refractivity contribution in [3.63, 3.8) is 0 Å². The molecule has 1 aromatic carbocycles. The summed E-state index contributed by atoms with van der Waals surface area (Å²) in [5, 5.41) is 15.5. The van der Waals surface area contributed by atoms with E-state index < -0.39 is 24.8 Å². The van der Waals surface area contributed by atoms with Crippen molar-refractivity contribution in [3.8, 4) is 11.6 Å². The molecule has 4 aromatic rings. The molecule has 0 unspecified atom stereocenters. The van der Waals surface area contributed by atoms with Crippen LogP contribution in [0, 0.1) is 0 Å². The lowest BCUT2D eigenvalue weighted by molar-refractivity contribution is -0.145. The van der Waals surface area contributed by atoms with E-state index in [1.54, 1.807) is 30.5 Å². The van der Waals surface area contributed by atoms with Crippen molar-refractivity contribution in [3.05, 3.63) is 81.6 Å². The first-order chi connectivity index (χ1) is 25.9. The average Bonchev–Trinajstić information content (AvgIpc) is 3.77. The topological polar surface area (TPSA) is 115 Å². The third-order valence-corrected chi connectivity index (χ3v) is 11.4. The molecule has 0 bridgehead atoms. The summed E-state index contributed by atoms with van der Waals surface area (Å²) in [5.74, 6) is 0.363. The van der Waals surface area contributed by atoms with Crippen LogP contribution in [-0.2, 0) is 29.1 Å². The smallest absolute Gasteiger partial charge is 0.408 e. The molecule has 3 aliphatic rings. The Balaban J connectivity index is 1.13. The number of hydrogen-bond acceptors (Lipinski definition) is 10. The summed E-state index contributed by atoms with van der Waals surface area (Å²) in [7, 11) is 2.14. The predicted molar refractivity (Wildman–Crippen MR) is 199 cm³/mol. The van der Waals surface area contributed by atoms with Gasteiger partial charge in [0.1, 0.15) is 31.3 Å². The fourth-order valence-electron chi connectivity index (χ4n) is 6.95. The molecule has 1 saturated heterocycles. The third kappa shape index (κ3) is 8.85. The van der Waals surface area contributed by atoms with Gasteiger partial charge < -0.3 is 24.2 Å². The molecule has 1 atom stereocenters. The molecule has 1 N–H and O–H groups in total. The normalized spacial score (nSPS) is 18.0. The minimum Gasteiger partial charge on any atom is -0.495 e. The van der Waals surface area contributed by atoms with Crippen molar-refractivity contribution in [2.75, 3.05) is 46.4 Å². The first-order valence-corrected chi connectivity index (χ1v) is 19.2. The number of rotatable bonds is 15. The Morgan fingerprint density at radius 1 is 1.11 bits per heavy atom. The number of halogens is 4. The molecule has 0 amide bonds. The summed E-state index contributed by atoms with van der Waals surface area (Å²) < 4.78 is 63.8. The fourth-order valence-corrected chi connectivity index (χ4v) is 7.91. The molecule has 4 heterocycles. The number of ether oxygens (including phenoxy) is 3. The van der Waals surface area contributed by atoms with Gasteiger partial charge >= 0.3 is 12.1 Å². The molecular weight excluding hydrogens is 745 g/mol. The molecule has 54 heavy (non-hydrogen) atoms. The van der Waals surface area contributed by atoms with Crippen molar-refractivity contribution in [1.29, 1.82) is 0 Å². The van der Waals surface area contributed by atoms with Gasteiger partial charge in [0.05, 0.1) is 26.5 Å². The zero-order valence-electron chi connectivity index (χ0n) is 30.1. The Morgan fingerprint density at radius 3 is 2.63 bits per heavy atom. The maximum absolute atomic E-state index is 13.1. The van der Waals surface area contributed by atoms with E-state index in [0.29, 0.717) is 41.2 Å². The Hall–Kier alpha value is -4.18. The Morgan fingerprint density at radius 2 is 1.89 bits per heavy atom. The van der Waals surface area contributed by atoms with Crippen LogP contribution in [0.1, 0.15) is 61.0 Å². The highest BCUT2D eigenvalue weighted by molar-refractivity contribution is 7.13. The summed E-state index contributed by atoms with van der Waals surface area (Å²) >= 11 is 8.22. The molecule has 11 nitrogen and oxygen atoms in total. The summed E-state index contributed by atoms with van der Waals surface area (Å²) in [6.07, 6.45) is 0.450. The van der Waals surface area contributed by atoms with Crippen LogP contribution in [0.2, 0.25) is 0 Å². The van der Waals surface area contributed by atoms with E-state index >= 15 is 0 Å². The van der Waals surface area contributed by atoms with Crippen molar-refractivity contribution >= 4 is 44.8 Å². The van der Waals surface area contributed by atoms with Crippen LogP contribution in [-0.4, -0.2) is 98.7 Å². The maximum Gasteiger partial charge on any atom is 0.408 e. The number of hydrogen-bond donors (Lipinski definition) is 1. The van der Waals surface area contributed by atoms with Gasteiger partial charge in [0.2, 0.25) is 12.0 Å². The molecule has 2 aliphatic carbocycles. The number of nitrogens with zero attached hydrogens (tertiary/aromatic N) is 6. The van der Waals surface area contributed by atoms with Crippen LogP contribution in [0.4, 0.5) is 13.2 Å². The number of aromatic nitrogens is 4. The van der Waals surface area contributed by atoms with Crippen LogP contribution in [0.15, 0.2) is 59.1 Å². The van der Waals surface area contributed by atoms with E-state index in [2.05, 4.69) is 26.3 Å². The van der Waals surface area contributed by atoms with Crippen molar-refractivity contribution < 1.29 is 37.3 Å². The lowest BCUT2D eigenvalue weighted by Crippen LogP contribution is -2.45. The number of para-hydroxylation sites is 1. The molecule has 7 rings (SSSR count). The number of allylic oxidation sites excluding steroid dienone is 4. The molecule has 1 aliphatic heterocycles. The number of pyridine rings is 1. The van der Waals surface area contributed by atoms with Crippen LogP contribution < -0.4 is 9.47 Å². The van der Waals surface area contributed by atoms with Crippen LogP contribution >= 0.6 is 23.1 Å². The highest BCUT2D eigenvalue weighted by Gasteiger charge is 2.35. The lowest BCUT2D eigenvalue weighted by Gasteiger charge is -2.32. The van der Waals surface area contributed by atoms with Gasteiger partial charge in [-0.15, -0.1) is 0 Å². The highest BCUT2D eigenvalue weighted by Crippen LogP contribution is 2.50. The molecule has 16 heteroatoms. The highest BCUT2D eigenvalue weighted by atomic mass is 35.5. The second-order valence-electron chi connectivity index (χ2n) is 14.0. The number of aliphatic carboxylic acids is 1. The first kappa shape index (κ1) is 38.1. The first-order valence-electron chi connectivity index (χ1n) is 18.0. The third-order valence-electron chi connectivity index (χ3n) is 10.1. The molecule has 288 valence electrons. The second-order valence-corrected chi connectivity index (χ2v) is 15.2. The zero-order valence-corrected chi connectivity index (χ0v) is 31.6. The second kappa shape index (κ2) is 16.3. The number of likely N-dealkylation sites (N-methyl/N-ethyl adjacent to an activating group) is 1. The zero-order chi connectivity index (χ0) is 38.0. The fraction of sp³-hybridized carbons (Fsp3) is 0.474. The largest absolute Gasteiger partial charge is 0.495 e. The van der Waals surface area contributed by atoms with Crippen LogP contribution in [0.25, 0.3) is 15.7 Å². The Bertz CT molecular complexity index is 2050. The monoisotopic (exact) mass is 786 g/mol. The minimum atomic E-state index is -4.45. The minimum absolute atomic E-state index is 0.0899. The van der Waals surface area contributed by atoms with Gasteiger partial charge in [-0.3, -0.25) is 14.6 Å². The lowest BCUT2D eigenvalue weighted by atomic mass is 9.87. The quantitative estimate of drug-likeness (QED) is 0.132. The van der Waals surface area contributed by atoms with Crippen molar-refractivity contribution in [1.82, 2.24) is 28.9 Å². The van der Waals surface area contributed by atoms with Gasteiger partial charge in [-0.05, 0) is 73.6 Å². The standard InChI is InChI=1S/C38H42ClF3N6O5S/c1-23-27(9-10-29(34(23)39)51-18-17-47-15-13-46(2)14-16-47)32-33-31(20-43-35(32)24-7-8-24)54-45-36(33)53-30(37(49)50)19-25-5-3-4-6-28(25)52-21-26-11-12-44-48(26)22-38(40,41)42/h3-6,11-12,20,24,30H,7-10,13-19,21-22H2,1-2H3,(H,49,50)/t30-/m1/s1. The van der Waals surface area contributed by atoms with Crippen molar-refractivity contribution in [2.45, 2.75) is 70.4 Å². The van der Waals surface area contributed by atoms with Crippen LogP contribution in [0.5, 0.6) is 11.6 Å². The summed E-state index contributed by atoms with van der Waals surface area (Å²) in [6.45, 7) is 6.05. The maximum atomic E-state index is 13.1. The molecule has 2 fully saturated rings. The molecule has 3 aromatic heterocycles. The molecule has 1 saturated carbocycles. The van der Waals surface area contributed by atoms with Crippen molar-refractivity contribution in [2.24, 2.45) is 0 Å². The molecule has 0 radical (unpaired) electrons. The van der Waals surface area contributed by atoms with Gasteiger partial charge in [-0.2, -0.15) is 22.6 Å². The number of carboxylic acids is 1.